The first-order valence-electron chi connectivity index (χ1n) is 3.30. The van der Waals surface area contributed by atoms with E-state index in [-0.39, 0.29) is 0 Å². The van der Waals surface area contributed by atoms with Gasteiger partial charge >= 0.3 is 5.76 Å². The van der Waals surface area contributed by atoms with Gasteiger partial charge in [-0.3, -0.25) is 4.98 Å². The molecule has 0 bridgehead atoms. The van der Waals surface area contributed by atoms with Crippen molar-refractivity contribution in [2.45, 2.75) is 0 Å². The number of H-pyrrole nitrogens is 1. The summed E-state index contributed by atoms with van der Waals surface area (Å²) in [5.74, 6) is 2.06. The Morgan fingerprint density at radius 3 is 2.73 bits per heavy atom. The van der Waals surface area contributed by atoms with Crippen LogP contribution in [0.15, 0.2) is 21.7 Å². The molecule has 1 aliphatic rings. The van der Waals surface area contributed by atoms with E-state index >= 15 is 0 Å². The van der Waals surface area contributed by atoms with E-state index in [1.54, 1.807) is 0 Å². The molecule has 2 N–H and O–H groups in total. The Labute approximate surface area is 68.4 Å². The lowest BCUT2D eigenvalue weighted by molar-refractivity contribution is 0.515. The van der Waals surface area contributed by atoms with Gasteiger partial charge in [0.1, 0.15) is 6.26 Å². The van der Waals surface area contributed by atoms with Crippen LogP contribution < -0.4 is 11.1 Å². The predicted octanol–water partition coefficient (Wildman–Crippen LogP) is 0.248. The zero-order chi connectivity index (χ0) is 7.94. The van der Waals surface area contributed by atoms with Crippen molar-refractivity contribution in [1.82, 2.24) is 10.3 Å². The number of thioether (sulfide) groups is 1. The second-order valence-corrected chi connectivity index (χ2v) is 3.01. The quantitative estimate of drug-likeness (QED) is 0.592. The Kier molecular flexibility index (Phi) is 3.85. The zero-order valence-corrected chi connectivity index (χ0v) is 6.82. The summed E-state index contributed by atoms with van der Waals surface area (Å²) in [6.07, 6.45) is 2.73. The van der Waals surface area contributed by atoms with Gasteiger partial charge in [0.2, 0.25) is 0 Å². The van der Waals surface area contributed by atoms with Gasteiger partial charge in [-0.1, -0.05) is 0 Å². The highest BCUT2D eigenvalue weighted by molar-refractivity contribution is 7.99. The van der Waals surface area contributed by atoms with Gasteiger partial charge in [-0.05, 0) is 0 Å². The molecule has 1 fully saturated rings. The van der Waals surface area contributed by atoms with Gasteiger partial charge in [0.15, 0.2) is 0 Å². The molecule has 0 amide bonds. The lowest BCUT2D eigenvalue weighted by atomic mass is 10.8. The van der Waals surface area contributed by atoms with Gasteiger partial charge in [0.25, 0.3) is 0 Å². The molecule has 0 saturated carbocycles. The average Bonchev–Trinajstić information content (AvgIpc) is 2.57. The Morgan fingerprint density at radius 1 is 1.64 bits per heavy atom. The second kappa shape index (κ2) is 5.03. The highest BCUT2D eigenvalue weighted by Gasteiger charge is 1.93. The highest BCUT2D eigenvalue weighted by atomic mass is 32.2. The number of nitrogens with one attached hydrogen (secondary N) is 2. The van der Waals surface area contributed by atoms with Gasteiger partial charge in [-0.15, -0.1) is 11.8 Å². The van der Waals surface area contributed by atoms with Crippen LogP contribution in [-0.2, 0) is 0 Å². The third-order valence-corrected chi connectivity index (χ3v) is 1.97. The first-order valence-corrected chi connectivity index (χ1v) is 4.46. The fourth-order valence-electron chi connectivity index (χ4n) is 0.593. The van der Waals surface area contributed by atoms with E-state index in [1.807, 2.05) is 11.8 Å². The van der Waals surface area contributed by atoms with Crippen LogP contribution in [0, 0.1) is 0 Å². The third kappa shape index (κ3) is 3.90. The van der Waals surface area contributed by atoms with Crippen molar-refractivity contribution in [3.8, 4) is 0 Å². The molecule has 4 nitrogen and oxygen atoms in total. The predicted molar refractivity (Wildman–Crippen MR) is 44.7 cm³/mol. The maximum Gasteiger partial charge on any atom is 0.416 e. The number of oxazole rings is 1. The molecule has 0 atom stereocenters. The molecule has 0 unspecified atom stereocenters. The first-order chi connectivity index (χ1) is 5.39. The number of rotatable bonds is 0. The van der Waals surface area contributed by atoms with Crippen molar-refractivity contribution in [2.24, 2.45) is 0 Å². The van der Waals surface area contributed by atoms with E-state index in [1.165, 1.54) is 30.6 Å². The molecule has 1 aromatic heterocycles. The maximum absolute atomic E-state index is 9.85. The van der Waals surface area contributed by atoms with Crippen LogP contribution in [0.2, 0.25) is 0 Å². The number of hydrogen-bond acceptors (Lipinski definition) is 4. The molecule has 62 valence electrons. The van der Waals surface area contributed by atoms with E-state index in [9.17, 15) is 4.79 Å². The summed E-state index contributed by atoms with van der Waals surface area (Å²) in [6.45, 7) is 1.21. The summed E-state index contributed by atoms with van der Waals surface area (Å²) in [5, 5.41) is 3.19. The first kappa shape index (κ1) is 8.42. The van der Waals surface area contributed by atoms with E-state index in [2.05, 4.69) is 14.7 Å². The molecule has 0 aromatic carbocycles. The Bertz CT molecular complexity index is 204. The summed E-state index contributed by atoms with van der Waals surface area (Å²) in [6, 6.07) is 0. The third-order valence-electron chi connectivity index (χ3n) is 1.07. The molecule has 1 aliphatic heterocycles. The van der Waals surface area contributed by atoms with Crippen molar-refractivity contribution in [1.29, 1.82) is 0 Å². The number of aromatic nitrogens is 1. The van der Waals surface area contributed by atoms with Crippen molar-refractivity contribution in [2.75, 3.05) is 18.2 Å². The van der Waals surface area contributed by atoms with Crippen LogP contribution >= 0.6 is 11.8 Å². The molecule has 5 heteroatoms. The maximum atomic E-state index is 9.85. The normalized spacial score (nSPS) is 15.6. The molecule has 0 radical (unpaired) electrons. The zero-order valence-electron chi connectivity index (χ0n) is 6.00. The molecular weight excluding hydrogens is 164 g/mol. The molecule has 1 aromatic rings. The summed E-state index contributed by atoms with van der Waals surface area (Å²) >= 11 is 1.96. The fraction of sp³-hybridized carbons (Fsp3) is 0.500. The summed E-state index contributed by atoms with van der Waals surface area (Å²) in [5.41, 5.74) is 0. The standard InChI is InChI=1S/C3H3NO2.C3H7NS/c5-3-4-1-2-6-3;1-2-5-3-4-1/h1-2H,(H,4,5);4H,1-3H2. The van der Waals surface area contributed by atoms with Crippen LogP contribution in [0.1, 0.15) is 0 Å². The summed E-state index contributed by atoms with van der Waals surface area (Å²) < 4.78 is 4.22. The number of hydrogen-bond donors (Lipinski definition) is 2. The second-order valence-electron chi connectivity index (χ2n) is 1.90. The van der Waals surface area contributed by atoms with E-state index < -0.39 is 5.76 Å². The van der Waals surface area contributed by atoms with Crippen molar-refractivity contribution in [3.63, 3.8) is 0 Å². The molecule has 0 aliphatic carbocycles. The molecule has 11 heavy (non-hydrogen) atoms. The largest absolute Gasteiger partial charge is 0.417 e. The van der Waals surface area contributed by atoms with Crippen LogP contribution in [-0.4, -0.2) is 23.2 Å². The van der Waals surface area contributed by atoms with Gasteiger partial charge in [0.05, 0.1) is 0 Å². The Balaban J connectivity index is 0.000000112. The fourth-order valence-corrected chi connectivity index (χ4v) is 1.31. The summed E-state index contributed by atoms with van der Waals surface area (Å²) in [4.78, 5) is 12.1. The smallest absolute Gasteiger partial charge is 0.416 e. The minimum absolute atomic E-state index is 0.407. The highest BCUT2D eigenvalue weighted by Crippen LogP contribution is 1.99. The van der Waals surface area contributed by atoms with Gasteiger partial charge < -0.3 is 9.73 Å². The van der Waals surface area contributed by atoms with Crippen LogP contribution in [0.4, 0.5) is 0 Å². The van der Waals surface area contributed by atoms with Crippen molar-refractivity contribution >= 4 is 11.8 Å². The van der Waals surface area contributed by atoms with E-state index in [0.717, 1.165) is 0 Å². The molecule has 2 rings (SSSR count). The van der Waals surface area contributed by atoms with Crippen LogP contribution in [0.5, 0.6) is 0 Å². The van der Waals surface area contributed by atoms with Crippen LogP contribution in [0.3, 0.4) is 0 Å². The lowest BCUT2D eigenvalue weighted by Gasteiger charge is -1.74. The molecule has 1 saturated heterocycles. The van der Waals surface area contributed by atoms with Crippen molar-refractivity contribution < 1.29 is 4.42 Å². The monoisotopic (exact) mass is 174 g/mol. The molecule has 0 spiro atoms. The number of aromatic amines is 1. The van der Waals surface area contributed by atoms with Crippen molar-refractivity contribution in [3.05, 3.63) is 23.0 Å². The van der Waals surface area contributed by atoms with E-state index in [0.29, 0.717) is 0 Å². The molecular formula is C6H10N2O2S. The SMILES string of the molecule is C1CSCN1.O=c1[nH]cco1. The Morgan fingerprint density at radius 2 is 2.55 bits per heavy atom. The minimum atomic E-state index is -0.407. The average molecular weight is 174 g/mol. The van der Waals surface area contributed by atoms with Crippen LogP contribution in [0.25, 0.3) is 0 Å². The van der Waals surface area contributed by atoms with Gasteiger partial charge in [0, 0.05) is 24.4 Å². The van der Waals surface area contributed by atoms with E-state index in [4.69, 9.17) is 0 Å². The molecule has 2 heterocycles. The minimum Gasteiger partial charge on any atom is -0.417 e. The van der Waals surface area contributed by atoms with Gasteiger partial charge in [-0.25, -0.2) is 4.79 Å². The Hall–Kier alpha value is -0.680. The topological polar surface area (TPSA) is 58.0 Å². The van der Waals surface area contributed by atoms with Gasteiger partial charge in [-0.2, -0.15) is 0 Å². The lowest BCUT2D eigenvalue weighted by Crippen LogP contribution is -2.04. The summed E-state index contributed by atoms with van der Waals surface area (Å²) in [7, 11) is 0.